The van der Waals surface area contributed by atoms with E-state index < -0.39 is 11.8 Å². The molecule has 2 aromatic rings. The van der Waals surface area contributed by atoms with Gasteiger partial charge >= 0.3 is 5.97 Å². The first-order valence-corrected chi connectivity index (χ1v) is 6.10. The second-order valence-corrected chi connectivity index (χ2v) is 4.36. The smallest absolute Gasteiger partial charge is 0.336 e. The third-order valence-electron chi connectivity index (χ3n) is 3.04. The highest BCUT2D eigenvalue weighted by Gasteiger charge is 2.16. The predicted molar refractivity (Wildman–Crippen MR) is 69.6 cm³/mol. The van der Waals surface area contributed by atoms with Crippen LogP contribution in [0.2, 0.25) is 0 Å². The number of carbonyl (C=O) groups is 1. The van der Waals surface area contributed by atoms with Crippen molar-refractivity contribution >= 4 is 5.97 Å². The highest BCUT2D eigenvalue weighted by atomic mass is 19.1. The first kappa shape index (κ1) is 13.3. The molecule has 1 heterocycles. The fourth-order valence-corrected chi connectivity index (χ4v) is 2.08. The van der Waals surface area contributed by atoms with E-state index in [1.807, 2.05) is 18.5 Å². The van der Waals surface area contributed by atoms with E-state index in [0.29, 0.717) is 5.56 Å². The average Bonchev–Trinajstić information content (AvgIpc) is 2.72. The second kappa shape index (κ2) is 5.22. The van der Waals surface area contributed by atoms with Gasteiger partial charge in [-0.1, -0.05) is 13.0 Å². The van der Waals surface area contributed by atoms with Gasteiger partial charge < -0.3 is 5.11 Å². The van der Waals surface area contributed by atoms with E-state index >= 15 is 0 Å². The highest BCUT2D eigenvalue weighted by Crippen LogP contribution is 2.27. The summed E-state index contributed by atoms with van der Waals surface area (Å²) in [5, 5.41) is 13.4. The Morgan fingerprint density at radius 3 is 2.79 bits per heavy atom. The summed E-state index contributed by atoms with van der Waals surface area (Å²) < 4.78 is 15.0. The van der Waals surface area contributed by atoms with E-state index in [-0.39, 0.29) is 5.56 Å². The molecule has 100 valence electrons. The van der Waals surface area contributed by atoms with E-state index in [1.165, 1.54) is 12.1 Å². The molecular weight excluding hydrogens is 247 g/mol. The normalized spacial score (nSPS) is 10.7. The number of carboxylic acids is 1. The molecule has 0 bridgehead atoms. The molecule has 1 N–H and O–H groups in total. The quantitative estimate of drug-likeness (QED) is 0.921. The van der Waals surface area contributed by atoms with Crippen LogP contribution < -0.4 is 0 Å². The molecular formula is C14H15FN2O2. The Balaban J connectivity index is 2.56. The maximum absolute atomic E-state index is 13.2. The number of halogens is 1. The van der Waals surface area contributed by atoms with E-state index in [1.54, 1.807) is 6.20 Å². The largest absolute Gasteiger partial charge is 0.478 e. The van der Waals surface area contributed by atoms with Crippen molar-refractivity contribution in [1.29, 1.82) is 0 Å². The van der Waals surface area contributed by atoms with Crippen molar-refractivity contribution in [3.05, 3.63) is 41.5 Å². The Hall–Kier alpha value is -2.17. The molecule has 0 atom stereocenters. The van der Waals surface area contributed by atoms with Crippen molar-refractivity contribution < 1.29 is 14.3 Å². The fraction of sp³-hybridized carbons (Fsp3) is 0.286. The van der Waals surface area contributed by atoms with Crippen LogP contribution in [0.5, 0.6) is 0 Å². The van der Waals surface area contributed by atoms with Crippen LogP contribution in [0.3, 0.4) is 0 Å². The van der Waals surface area contributed by atoms with Crippen molar-refractivity contribution in [3.63, 3.8) is 0 Å². The first-order chi connectivity index (χ1) is 9.04. The van der Waals surface area contributed by atoms with Crippen LogP contribution in [0.1, 0.15) is 29.4 Å². The van der Waals surface area contributed by atoms with E-state index in [0.717, 1.165) is 30.3 Å². The number of carboxylic acid groups (broad SMARTS) is 1. The minimum atomic E-state index is -1.14. The van der Waals surface area contributed by atoms with Gasteiger partial charge in [0.05, 0.1) is 11.8 Å². The minimum Gasteiger partial charge on any atom is -0.478 e. The van der Waals surface area contributed by atoms with Gasteiger partial charge in [0.25, 0.3) is 0 Å². The third-order valence-corrected chi connectivity index (χ3v) is 3.04. The molecule has 0 aliphatic carbocycles. The van der Waals surface area contributed by atoms with Gasteiger partial charge in [0, 0.05) is 17.8 Å². The number of aryl methyl sites for hydroxylation is 1. The molecule has 0 saturated heterocycles. The van der Waals surface area contributed by atoms with Gasteiger partial charge in [-0.3, -0.25) is 4.68 Å². The van der Waals surface area contributed by atoms with Gasteiger partial charge in [-0.05, 0) is 31.0 Å². The summed E-state index contributed by atoms with van der Waals surface area (Å²) in [5.74, 6) is -1.70. The zero-order chi connectivity index (χ0) is 14.0. The third kappa shape index (κ3) is 2.50. The zero-order valence-electron chi connectivity index (χ0n) is 10.9. The second-order valence-electron chi connectivity index (χ2n) is 4.36. The molecule has 1 aromatic carbocycles. The standard InChI is InChI=1S/C14H15FN2O2/c1-3-6-17-9(2)13(8-16-17)11-5-4-10(15)7-12(11)14(18)19/h4-5,7-8H,3,6H2,1-2H3,(H,18,19). The molecule has 5 heteroatoms. The van der Waals surface area contributed by atoms with Crippen molar-refractivity contribution in [2.75, 3.05) is 0 Å². The Morgan fingerprint density at radius 1 is 1.42 bits per heavy atom. The molecule has 19 heavy (non-hydrogen) atoms. The van der Waals surface area contributed by atoms with Crippen molar-refractivity contribution in [3.8, 4) is 11.1 Å². The SMILES string of the molecule is CCCn1ncc(-c2ccc(F)cc2C(=O)O)c1C. The van der Waals surface area contributed by atoms with Crippen LogP contribution >= 0.6 is 0 Å². The number of hydrogen-bond acceptors (Lipinski definition) is 2. The Kier molecular flexibility index (Phi) is 3.64. The number of hydrogen-bond donors (Lipinski definition) is 1. The van der Waals surface area contributed by atoms with Crippen LogP contribution in [0, 0.1) is 12.7 Å². The maximum Gasteiger partial charge on any atom is 0.336 e. The monoisotopic (exact) mass is 262 g/mol. The van der Waals surface area contributed by atoms with Crippen molar-refractivity contribution in [2.45, 2.75) is 26.8 Å². The summed E-state index contributed by atoms with van der Waals surface area (Å²) in [6.45, 7) is 4.70. The summed E-state index contributed by atoms with van der Waals surface area (Å²) in [6, 6.07) is 3.78. The molecule has 1 aromatic heterocycles. The lowest BCUT2D eigenvalue weighted by Crippen LogP contribution is -2.03. The Bertz CT molecular complexity index is 620. The van der Waals surface area contributed by atoms with Gasteiger partial charge in [0.1, 0.15) is 5.82 Å². The van der Waals surface area contributed by atoms with Gasteiger partial charge in [-0.15, -0.1) is 0 Å². The first-order valence-electron chi connectivity index (χ1n) is 6.10. The number of aromatic carboxylic acids is 1. The molecule has 0 amide bonds. The lowest BCUT2D eigenvalue weighted by Gasteiger charge is -2.07. The lowest BCUT2D eigenvalue weighted by molar-refractivity contribution is 0.0697. The van der Waals surface area contributed by atoms with Crippen LogP contribution in [0.4, 0.5) is 4.39 Å². The van der Waals surface area contributed by atoms with Gasteiger partial charge in [0.15, 0.2) is 0 Å². The molecule has 0 spiro atoms. The van der Waals surface area contributed by atoms with Crippen LogP contribution in [0.25, 0.3) is 11.1 Å². The summed E-state index contributed by atoms with van der Waals surface area (Å²) in [5.41, 5.74) is 2.06. The van der Waals surface area contributed by atoms with Gasteiger partial charge in [-0.25, -0.2) is 9.18 Å². The molecule has 0 aliphatic rings. The van der Waals surface area contributed by atoms with E-state index in [9.17, 15) is 9.18 Å². The van der Waals surface area contributed by atoms with Crippen molar-refractivity contribution in [1.82, 2.24) is 9.78 Å². The van der Waals surface area contributed by atoms with Crippen LogP contribution in [-0.2, 0) is 6.54 Å². The average molecular weight is 262 g/mol. The fourth-order valence-electron chi connectivity index (χ4n) is 2.08. The zero-order valence-corrected chi connectivity index (χ0v) is 10.9. The summed E-state index contributed by atoms with van der Waals surface area (Å²) >= 11 is 0. The summed E-state index contributed by atoms with van der Waals surface area (Å²) in [6.07, 6.45) is 2.57. The predicted octanol–water partition coefficient (Wildman–Crippen LogP) is 3.11. The molecule has 0 aliphatic heterocycles. The Morgan fingerprint density at radius 2 is 2.16 bits per heavy atom. The summed E-state index contributed by atoms with van der Waals surface area (Å²) in [7, 11) is 0. The van der Waals surface area contributed by atoms with Gasteiger partial charge in [-0.2, -0.15) is 5.10 Å². The number of nitrogens with zero attached hydrogens (tertiary/aromatic N) is 2. The lowest BCUT2D eigenvalue weighted by atomic mass is 10.0. The highest BCUT2D eigenvalue weighted by molar-refractivity contribution is 5.96. The number of rotatable bonds is 4. The number of aromatic nitrogens is 2. The summed E-state index contributed by atoms with van der Waals surface area (Å²) in [4.78, 5) is 11.2. The number of benzene rings is 1. The minimum absolute atomic E-state index is 0.0425. The molecule has 0 unspecified atom stereocenters. The topological polar surface area (TPSA) is 55.1 Å². The Labute approximate surface area is 110 Å². The van der Waals surface area contributed by atoms with E-state index in [2.05, 4.69) is 5.10 Å². The molecule has 0 radical (unpaired) electrons. The van der Waals surface area contributed by atoms with Crippen LogP contribution in [0.15, 0.2) is 24.4 Å². The maximum atomic E-state index is 13.2. The molecule has 0 saturated carbocycles. The molecule has 4 nitrogen and oxygen atoms in total. The molecule has 2 rings (SSSR count). The van der Waals surface area contributed by atoms with Gasteiger partial charge in [0.2, 0.25) is 0 Å². The van der Waals surface area contributed by atoms with Crippen molar-refractivity contribution in [2.24, 2.45) is 0 Å². The van der Waals surface area contributed by atoms with E-state index in [4.69, 9.17) is 5.11 Å². The van der Waals surface area contributed by atoms with Crippen LogP contribution in [-0.4, -0.2) is 20.9 Å². The molecule has 0 fully saturated rings.